The number of hydrogen-bond donors (Lipinski definition) is 2. The summed E-state index contributed by atoms with van der Waals surface area (Å²) in [5.74, 6) is 0.270. The van der Waals surface area contributed by atoms with Gasteiger partial charge in [0.25, 0.3) is 11.8 Å². The van der Waals surface area contributed by atoms with Gasteiger partial charge >= 0.3 is 0 Å². The van der Waals surface area contributed by atoms with E-state index in [9.17, 15) is 14.4 Å². The summed E-state index contributed by atoms with van der Waals surface area (Å²) in [6.45, 7) is 2.59. The summed E-state index contributed by atoms with van der Waals surface area (Å²) in [5, 5.41) is 5.36. The molecule has 1 aromatic carbocycles. The number of benzene rings is 1. The number of carbonyl (C=O) groups is 3. The second kappa shape index (κ2) is 7.43. The molecule has 2 N–H and O–H groups in total. The van der Waals surface area contributed by atoms with Crippen molar-refractivity contribution in [2.24, 2.45) is 0 Å². The molecule has 1 aliphatic rings. The predicted octanol–water partition coefficient (Wildman–Crippen LogP) is 1.66. The van der Waals surface area contributed by atoms with Gasteiger partial charge < -0.3 is 20.0 Å². The fraction of sp³-hybridized carbons (Fsp3) is 0.316. The van der Waals surface area contributed by atoms with Gasteiger partial charge in [0.05, 0.1) is 0 Å². The Hall–Kier alpha value is -3.09. The molecule has 0 spiro atoms. The molecule has 0 radical (unpaired) electrons. The molecule has 1 aromatic heterocycles. The summed E-state index contributed by atoms with van der Waals surface area (Å²) in [6, 6.07) is 10.4. The van der Waals surface area contributed by atoms with Gasteiger partial charge in [-0.1, -0.05) is 12.1 Å². The minimum absolute atomic E-state index is 0.000166. The maximum Gasteiger partial charge on any atom is 0.286 e. The first-order chi connectivity index (χ1) is 12.5. The van der Waals surface area contributed by atoms with E-state index in [2.05, 4.69) is 10.6 Å². The third-order valence-electron chi connectivity index (χ3n) is 4.33. The SMILES string of the molecule is CNC(=O)c1ccc(-c2cccc(C(=O)N3CC[C@@H](NC(C)=O)C3)c2)o1. The number of carbonyl (C=O) groups excluding carboxylic acids is 3. The molecule has 1 atom stereocenters. The molecule has 7 heteroatoms. The van der Waals surface area contributed by atoms with Crippen LogP contribution < -0.4 is 10.6 Å². The van der Waals surface area contributed by atoms with E-state index in [1.54, 1.807) is 35.2 Å². The second-order valence-electron chi connectivity index (χ2n) is 6.26. The van der Waals surface area contributed by atoms with Gasteiger partial charge in [-0.2, -0.15) is 0 Å². The molecule has 2 aromatic rings. The number of nitrogens with one attached hydrogen (secondary N) is 2. The summed E-state index contributed by atoms with van der Waals surface area (Å²) in [4.78, 5) is 37.3. The van der Waals surface area contributed by atoms with Crippen LogP contribution in [0.2, 0.25) is 0 Å². The minimum Gasteiger partial charge on any atom is -0.451 e. The summed E-state index contributed by atoms with van der Waals surface area (Å²) >= 11 is 0. The van der Waals surface area contributed by atoms with Crippen LogP contribution in [0.5, 0.6) is 0 Å². The average Bonchev–Trinajstić information content (AvgIpc) is 3.30. The largest absolute Gasteiger partial charge is 0.451 e. The fourth-order valence-electron chi connectivity index (χ4n) is 3.08. The van der Waals surface area contributed by atoms with Gasteiger partial charge in [-0.25, -0.2) is 0 Å². The number of amides is 3. The lowest BCUT2D eigenvalue weighted by Gasteiger charge is -2.17. The molecule has 2 heterocycles. The quantitative estimate of drug-likeness (QED) is 0.872. The Labute approximate surface area is 151 Å². The molecule has 1 saturated heterocycles. The highest BCUT2D eigenvalue weighted by Crippen LogP contribution is 2.24. The number of likely N-dealkylation sites (tertiary alicyclic amines) is 1. The van der Waals surface area contributed by atoms with Gasteiger partial charge in [0.15, 0.2) is 5.76 Å². The molecule has 26 heavy (non-hydrogen) atoms. The Balaban J connectivity index is 1.75. The van der Waals surface area contributed by atoms with Gasteiger partial charge in [-0.3, -0.25) is 14.4 Å². The van der Waals surface area contributed by atoms with Crippen molar-refractivity contribution in [2.75, 3.05) is 20.1 Å². The van der Waals surface area contributed by atoms with Crippen molar-refractivity contribution in [2.45, 2.75) is 19.4 Å². The summed E-state index contributed by atoms with van der Waals surface area (Å²) < 4.78 is 5.56. The molecule has 0 aliphatic carbocycles. The topological polar surface area (TPSA) is 91.7 Å². The summed E-state index contributed by atoms with van der Waals surface area (Å²) in [7, 11) is 1.54. The van der Waals surface area contributed by atoms with E-state index in [0.29, 0.717) is 24.4 Å². The van der Waals surface area contributed by atoms with E-state index in [1.807, 2.05) is 6.07 Å². The van der Waals surface area contributed by atoms with Crippen LogP contribution in [0.1, 0.15) is 34.3 Å². The molecule has 7 nitrogen and oxygen atoms in total. The summed E-state index contributed by atoms with van der Waals surface area (Å²) in [6.07, 6.45) is 0.749. The first kappa shape index (κ1) is 17.7. The molecule has 1 aliphatic heterocycles. The third-order valence-corrected chi connectivity index (χ3v) is 4.33. The van der Waals surface area contributed by atoms with Crippen LogP contribution in [0.4, 0.5) is 0 Å². The van der Waals surface area contributed by atoms with Crippen molar-refractivity contribution < 1.29 is 18.8 Å². The Morgan fingerprint density at radius 1 is 1.19 bits per heavy atom. The first-order valence-corrected chi connectivity index (χ1v) is 8.46. The zero-order valence-corrected chi connectivity index (χ0v) is 14.7. The smallest absolute Gasteiger partial charge is 0.286 e. The zero-order chi connectivity index (χ0) is 18.7. The van der Waals surface area contributed by atoms with Crippen LogP contribution in [0.3, 0.4) is 0 Å². The molecule has 1 fully saturated rings. The highest BCUT2D eigenvalue weighted by atomic mass is 16.3. The molecule has 0 unspecified atom stereocenters. The molecular weight excluding hydrogens is 334 g/mol. The Morgan fingerprint density at radius 2 is 2.00 bits per heavy atom. The van der Waals surface area contributed by atoms with Gasteiger partial charge in [0.2, 0.25) is 5.91 Å². The Morgan fingerprint density at radius 3 is 2.73 bits per heavy atom. The zero-order valence-electron chi connectivity index (χ0n) is 14.7. The van der Waals surface area contributed by atoms with E-state index in [1.165, 1.54) is 14.0 Å². The van der Waals surface area contributed by atoms with Crippen LogP contribution >= 0.6 is 0 Å². The van der Waals surface area contributed by atoms with Gasteiger partial charge in [0, 0.05) is 44.2 Å². The Kier molecular flexibility index (Phi) is 5.06. The van der Waals surface area contributed by atoms with Crippen molar-refractivity contribution in [3.05, 3.63) is 47.7 Å². The average molecular weight is 355 g/mol. The lowest BCUT2D eigenvalue weighted by molar-refractivity contribution is -0.119. The maximum absolute atomic E-state index is 12.7. The highest BCUT2D eigenvalue weighted by Gasteiger charge is 2.27. The van der Waals surface area contributed by atoms with E-state index in [-0.39, 0.29) is 29.5 Å². The van der Waals surface area contributed by atoms with Gasteiger partial charge in [-0.05, 0) is 30.7 Å². The monoisotopic (exact) mass is 355 g/mol. The van der Waals surface area contributed by atoms with Crippen molar-refractivity contribution in [1.82, 2.24) is 15.5 Å². The van der Waals surface area contributed by atoms with Crippen molar-refractivity contribution in [1.29, 1.82) is 0 Å². The number of rotatable bonds is 4. The van der Waals surface area contributed by atoms with E-state index in [4.69, 9.17) is 4.42 Å². The third kappa shape index (κ3) is 3.77. The second-order valence-corrected chi connectivity index (χ2v) is 6.26. The summed E-state index contributed by atoms with van der Waals surface area (Å²) in [5.41, 5.74) is 1.27. The maximum atomic E-state index is 12.7. The number of furan rings is 1. The standard InChI is InChI=1S/C19H21N3O4/c1-12(23)21-15-8-9-22(11-15)19(25)14-5-3-4-13(10-14)16-6-7-17(26-16)18(24)20-2/h3-7,10,15H,8-9,11H2,1-2H3,(H,20,24)(H,21,23)/t15-/m1/s1. The number of hydrogen-bond acceptors (Lipinski definition) is 4. The van der Waals surface area contributed by atoms with E-state index < -0.39 is 0 Å². The van der Waals surface area contributed by atoms with Gasteiger partial charge in [0.1, 0.15) is 5.76 Å². The molecule has 3 amide bonds. The lowest BCUT2D eigenvalue weighted by atomic mass is 10.1. The molecule has 0 saturated carbocycles. The van der Waals surface area contributed by atoms with E-state index >= 15 is 0 Å². The predicted molar refractivity (Wildman–Crippen MR) is 95.7 cm³/mol. The number of nitrogens with zero attached hydrogens (tertiary/aromatic N) is 1. The van der Waals surface area contributed by atoms with E-state index in [0.717, 1.165) is 12.0 Å². The lowest BCUT2D eigenvalue weighted by Crippen LogP contribution is -2.37. The highest BCUT2D eigenvalue weighted by molar-refractivity contribution is 5.96. The van der Waals surface area contributed by atoms with Crippen LogP contribution in [-0.4, -0.2) is 48.8 Å². The van der Waals surface area contributed by atoms with Crippen LogP contribution in [-0.2, 0) is 4.79 Å². The first-order valence-electron chi connectivity index (χ1n) is 8.46. The van der Waals surface area contributed by atoms with Crippen molar-refractivity contribution >= 4 is 17.7 Å². The Bertz CT molecular complexity index is 843. The van der Waals surface area contributed by atoms with Crippen molar-refractivity contribution in [3.63, 3.8) is 0 Å². The normalized spacial score (nSPS) is 16.4. The van der Waals surface area contributed by atoms with Crippen LogP contribution in [0, 0.1) is 0 Å². The minimum atomic E-state index is -0.301. The molecule has 0 bridgehead atoms. The van der Waals surface area contributed by atoms with Gasteiger partial charge in [-0.15, -0.1) is 0 Å². The van der Waals surface area contributed by atoms with Crippen LogP contribution in [0.25, 0.3) is 11.3 Å². The molecule has 136 valence electrons. The van der Waals surface area contributed by atoms with Crippen LogP contribution in [0.15, 0.2) is 40.8 Å². The fourth-order valence-corrected chi connectivity index (χ4v) is 3.08. The van der Waals surface area contributed by atoms with Crippen molar-refractivity contribution in [3.8, 4) is 11.3 Å². The molecular formula is C19H21N3O4. The molecule has 3 rings (SSSR count).